The number of piperazine rings is 1. The fraction of sp³-hybridized carbons (Fsp3) is 0.667. The highest BCUT2D eigenvalue weighted by Crippen LogP contribution is 2.17. The quantitative estimate of drug-likeness (QED) is 0.779. The van der Waals surface area contributed by atoms with Gasteiger partial charge in [-0.3, -0.25) is 9.69 Å². The summed E-state index contributed by atoms with van der Waals surface area (Å²) in [5, 5.41) is 0. The molecule has 26 heavy (non-hydrogen) atoms. The molecule has 2 saturated heterocycles. The highest BCUT2D eigenvalue weighted by molar-refractivity contribution is 5.76. The summed E-state index contributed by atoms with van der Waals surface area (Å²) in [4.78, 5) is 21.8. The highest BCUT2D eigenvalue weighted by atomic mass is 16.2. The monoisotopic (exact) mass is 358 g/mol. The molecule has 5 nitrogen and oxygen atoms in total. The third kappa shape index (κ3) is 5.21. The van der Waals surface area contributed by atoms with Gasteiger partial charge in [0.05, 0.1) is 0 Å². The van der Waals surface area contributed by atoms with Crippen molar-refractivity contribution in [2.45, 2.75) is 31.7 Å². The zero-order chi connectivity index (χ0) is 18.4. The molecule has 1 amide bonds. The van der Waals surface area contributed by atoms with Crippen molar-refractivity contribution < 1.29 is 4.79 Å². The van der Waals surface area contributed by atoms with Crippen LogP contribution in [0.25, 0.3) is 0 Å². The van der Waals surface area contributed by atoms with E-state index >= 15 is 0 Å². The second-order valence-electron chi connectivity index (χ2n) is 7.87. The number of piperidine rings is 1. The maximum Gasteiger partial charge on any atom is 0.222 e. The summed E-state index contributed by atoms with van der Waals surface area (Å²) in [6.45, 7) is 7.23. The minimum Gasteiger partial charge on any atom is -0.369 e. The van der Waals surface area contributed by atoms with E-state index in [2.05, 4.69) is 64.0 Å². The maximum absolute atomic E-state index is 12.5. The van der Waals surface area contributed by atoms with Crippen molar-refractivity contribution in [2.24, 2.45) is 0 Å². The van der Waals surface area contributed by atoms with Gasteiger partial charge in [0.25, 0.3) is 0 Å². The van der Waals surface area contributed by atoms with Crippen molar-refractivity contribution >= 4 is 11.6 Å². The first-order valence-electron chi connectivity index (χ1n) is 10.1. The Kier molecular flexibility index (Phi) is 6.92. The number of likely N-dealkylation sites (tertiary alicyclic amines) is 1. The second-order valence-corrected chi connectivity index (χ2v) is 7.87. The van der Waals surface area contributed by atoms with Gasteiger partial charge in [-0.15, -0.1) is 0 Å². The number of anilines is 1. The lowest BCUT2D eigenvalue weighted by atomic mass is 10.0. The summed E-state index contributed by atoms with van der Waals surface area (Å²) >= 11 is 0. The molecular weight excluding hydrogens is 324 g/mol. The Morgan fingerprint density at radius 2 is 1.81 bits per heavy atom. The predicted molar refractivity (Wildman–Crippen MR) is 108 cm³/mol. The zero-order valence-electron chi connectivity index (χ0n) is 16.4. The SMILES string of the molecule is CN(C)C1CCCN(C(=O)CCCN2CCN(c3ccccc3)CC2)C1. The van der Waals surface area contributed by atoms with Crippen molar-refractivity contribution in [2.75, 3.05) is 64.8 Å². The molecule has 0 spiro atoms. The molecule has 0 radical (unpaired) electrons. The first kappa shape index (κ1) is 19.2. The fourth-order valence-corrected chi connectivity index (χ4v) is 4.08. The molecule has 0 aromatic heterocycles. The van der Waals surface area contributed by atoms with Crippen LogP contribution in [-0.4, -0.2) is 86.6 Å². The van der Waals surface area contributed by atoms with Crippen molar-refractivity contribution in [3.8, 4) is 0 Å². The third-order valence-corrected chi connectivity index (χ3v) is 5.84. The average Bonchev–Trinajstić information content (AvgIpc) is 2.69. The molecule has 2 aliphatic rings. The third-order valence-electron chi connectivity index (χ3n) is 5.84. The molecule has 144 valence electrons. The van der Waals surface area contributed by atoms with Gasteiger partial charge >= 0.3 is 0 Å². The molecule has 0 bridgehead atoms. The Labute approximate surface area is 158 Å². The average molecular weight is 359 g/mol. The molecule has 2 fully saturated rings. The van der Waals surface area contributed by atoms with E-state index in [1.807, 2.05) is 0 Å². The number of rotatable bonds is 6. The molecule has 1 atom stereocenters. The van der Waals surface area contributed by atoms with E-state index < -0.39 is 0 Å². The lowest BCUT2D eigenvalue weighted by Gasteiger charge is -2.37. The van der Waals surface area contributed by atoms with Crippen LogP contribution < -0.4 is 4.90 Å². The Morgan fingerprint density at radius 3 is 2.50 bits per heavy atom. The van der Waals surface area contributed by atoms with Crippen LogP contribution in [0.15, 0.2) is 30.3 Å². The number of nitrogens with zero attached hydrogens (tertiary/aromatic N) is 4. The number of para-hydroxylation sites is 1. The Hall–Kier alpha value is -1.59. The standard InChI is InChI=1S/C21H34N4O/c1-22(2)20-10-6-13-25(18-20)21(26)11-7-12-23-14-16-24(17-15-23)19-8-4-3-5-9-19/h3-5,8-9,20H,6-7,10-18H2,1-2H3. The zero-order valence-corrected chi connectivity index (χ0v) is 16.4. The number of hydrogen-bond donors (Lipinski definition) is 0. The number of amides is 1. The van der Waals surface area contributed by atoms with Gasteiger partial charge in [0.2, 0.25) is 5.91 Å². The molecule has 0 aliphatic carbocycles. The molecule has 2 heterocycles. The van der Waals surface area contributed by atoms with E-state index in [1.54, 1.807) is 0 Å². The first-order chi connectivity index (χ1) is 12.6. The lowest BCUT2D eigenvalue weighted by molar-refractivity contribution is -0.133. The summed E-state index contributed by atoms with van der Waals surface area (Å²) in [7, 11) is 4.24. The molecule has 1 unspecified atom stereocenters. The number of carbonyl (C=O) groups excluding carboxylic acids is 1. The minimum absolute atomic E-state index is 0.347. The van der Waals surface area contributed by atoms with E-state index in [9.17, 15) is 4.79 Å². The summed E-state index contributed by atoms with van der Waals surface area (Å²) in [6, 6.07) is 11.2. The van der Waals surface area contributed by atoms with E-state index in [1.165, 1.54) is 12.1 Å². The number of carbonyl (C=O) groups is 1. The van der Waals surface area contributed by atoms with Gasteiger partial charge in [-0.1, -0.05) is 18.2 Å². The van der Waals surface area contributed by atoms with Crippen molar-refractivity contribution in [3.63, 3.8) is 0 Å². The Bertz CT molecular complexity index is 554. The first-order valence-corrected chi connectivity index (χ1v) is 10.1. The predicted octanol–water partition coefficient (Wildman–Crippen LogP) is 2.14. The summed E-state index contributed by atoms with van der Waals surface area (Å²) in [5.74, 6) is 0.347. The fourth-order valence-electron chi connectivity index (χ4n) is 4.08. The summed E-state index contributed by atoms with van der Waals surface area (Å²) in [6.07, 6.45) is 4.02. The van der Waals surface area contributed by atoms with Crippen molar-refractivity contribution in [1.29, 1.82) is 0 Å². The van der Waals surface area contributed by atoms with E-state index in [-0.39, 0.29) is 0 Å². The molecule has 2 aliphatic heterocycles. The normalized spacial score (nSPS) is 22.0. The van der Waals surface area contributed by atoms with Gasteiger partial charge < -0.3 is 14.7 Å². The van der Waals surface area contributed by atoms with Gasteiger partial charge in [0, 0.05) is 57.4 Å². The molecule has 3 rings (SSSR count). The Balaban J connectivity index is 1.35. The van der Waals surface area contributed by atoms with E-state index in [4.69, 9.17) is 0 Å². The van der Waals surface area contributed by atoms with Crippen LogP contribution in [0.1, 0.15) is 25.7 Å². The molecule has 0 N–H and O–H groups in total. The van der Waals surface area contributed by atoms with Crippen molar-refractivity contribution in [3.05, 3.63) is 30.3 Å². The van der Waals surface area contributed by atoms with Crippen LogP contribution in [-0.2, 0) is 4.79 Å². The second kappa shape index (κ2) is 9.38. The van der Waals surface area contributed by atoms with Gasteiger partial charge in [0.1, 0.15) is 0 Å². The molecule has 5 heteroatoms. The van der Waals surface area contributed by atoms with Gasteiger partial charge in [-0.25, -0.2) is 0 Å². The largest absolute Gasteiger partial charge is 0.369 e. The van der Waals surface area contributed by atoms with E-state index in [0.29, 0.717) is 18.4 Å². The summed E-state index contributed by atoms with van der Waals surface area (Å²) < 4.78 is 0. The van der Waals surface area contributed by atoms with Crippen LogP contribution >= 0.6 is 0 Å². The van der Waals surface area contributed by atoms with Crippen LogP contribution in [0, 0.1) is 0 Å². The topological polar surface area (TPSA) is 30.0 Å². The van der Waals surface area contributed by atoms with Gasteiger partial charge in [-0.05, 0) is 52.0 Å². The summed E-state index contributed by atoms with van der Waals surface area (Å²) in [5.41, 5.74) is 1.32. The van der Waals surface area contributed by atoms with Crippen LogP contribution in [0.4, 0.5) is 5.69 Å². The lowest BCUT2D eigenvalue weighted by Crippen LogP contribution is -2.48. The number of hydrogen-bond acceptors (Lipinski definition) is 4. The van der Waals surface area contributed by atoms with Crippen molar-refractivity contribution in [1.82, 2.24) is 14.7 Å². The van der Waals surface area contributed by atoms with Crippen LogP contribution in [0.5, 0.6) is 0 Å². The van der Waals surface area contributed by atoms with E-state index in [0.717, 1.165) is 58.7 Å². The molecule has 0 saturated carbocycles. The minimum atomic E-state index is 0.347. The van der Waals surface area contributed by atoms with Gasteiger partial charge in [-0.2, -0.15) is 0 Å². The van der Waals surface area contributed by atoms with Gasteiger partial charge in [0.15, 0.2) is 0 Å². The smallest absolute Gasteiger partial charge is 0.222 e. The molecule has 1 aromatic carbocycles. The number of likely N-dealkylation sites (N-methyl/N-ethyl adjacent to an activating group) is 1. The van der Waals surface area contributed by atoms with Crippen LogP contribution in [0.3, 0.4) is 0 Å². The molecular formula is C21H34N4O. The highest BCUT2D eigenvalue weighted by Gasteiger charge is 2.24. The van der Waals surface area contributed by atoms with Crippen LogP contribution in [0.2, 0.25) is 0 Å². The number of benzene rings is 1. The molecule has 1 aromatic rings. The maximum atomic E-state index is 12.5. The Morgan fingerprint density at radius 1 is 1.08 bits per heavy atom.